The van der Waals surface area contributed by atoms with Crippen LogP contribution in [0.5, 0.6) is 0 Å². The van der Waals surface area contributed by atoms with Gasteiger partial charge in [-0.25, -0.2) is 15.4 Å². The summed E-state index contributed by atoms with van der Waals surface area (Å²) in [5, 5.41) is 2.97. The van der Waals surface area contributed by atoms with Gasteiger partial charge in [0, 0.05) is 50.2 Å². The molecule has 1 aromatic rings. The third-order valence-corrected chi connectivity index (χ3v) is 6.67. The maximum absolute atomic E-state index is 12.1. The molecule has 1 aromatic heterocycles. The van der Waals surface area contributed by atoms with Crippen molar-refractivity contribution in [3.8, 4) is 0 Å². The van der Waals surface area contributed by atoms with Gasteiger partial charge in [-0.1, -0.05) is 0 Å². The number of ether oxygens (including phenoxy) is 1. The van der Waals surface area contributed by atoms with E-state index >= 15 is 0 Å². The number of hydrogen-bond acceptors (Lipinski definition) is 8. The SMILES string of the molecule is CC(C)NC(=O)CN1CCN(c2cc(C3NNC4CCC(OC(C)C)CC43)ncn2)CC1. The lowest BCUT2D eigenvalue weighted by Crippen LogP contribution is -2.50. The molecule has 32 heavy (non-hydrogen) atoms. The minimum absolute atomic E-state index is 0.0966. The first-order valence-electron chi connectivity index (χ1n) is 12.1. The molecule has 0 bridgehead atoms. The lowest BCUT2D eigenvalue weighted by molar-refractivity contribution is -0.122. The Morgan fingerprint density at radius 3 is 2.66 bits per heavy atom. The van der Waals surface area contributed by atoms with Crippen molar-refractivity contribution in [1.82, 2.24) is 31.0 Å². The van der Waals surface area contributed by atoms with Crippen molar-refractivity contribution in [2.45, 2.75) is 77.3 Å². The first kappa shape index (κ1) is 23.4. The first-order valence-corrected chi connectivity index (χ1v) is 12.1. The molecule has 3 heterocycles. The van der Waals surface area contributed by atoms with Crippen LogP contribution in [0.4, 0.5) is 5.82 Å². The molecule has 0 spiro atoms. The molecule has 4 unspecified atom stereocenters. The van der Waals surface area contributed by atoms with Gasteiger partial charge in [0.1, 0.15) is 12.1 Å². The van der Waals surface area contributed by atoms with Gasteiger partial charge in [-0.3, -0.25) is 15.1 Å². The molecule has 3 fully saturated rings. The molecule has 1 saturated carbocycles. The average molecular weight is 446 g/mol. The molecule has 9 nitrogen and oxygen atoms in total. The standard InChI is InChI=1S/C23H39N7O2/c1-15(2)26-22(31)13-29-7-9-30(10-8-29)21-12-20(24-14-25-21)23-18-11-17(32-16(3)4)5-6-19(18)27-28-23/h12,14-19,23,27-28H,5-11,13H2,1-4H3,(H,26,31). The molecule has 0 aromatic carbocycles. The number of amides is 1. The van der Waals surface area contributed by atoms with Crippen molar-refractivity contribution in [3.63, 3.8) is 0 Å². The highest BCUT2D eigenvalue weighted by Gasteiger charge is 2.42. The van der Waals surface area contributed by atoms with Crippen LogP contribution in [-0.4, -0.2) is 77.8 Å². The van der Waals surface area contributed by atoms with Crippen LogP contribution >= 0.6 is 0 Å². The van der Waals surface area contributed by atoms with Crippen LogP contribution in [0, 0.1) is 5.92 Å². The second-order valence-electron chi connectivity index (χ2n) is 9.94. The Kier molecular flexibility index (Phi) is 7.60. The highest BCUT2D eigenvalue weighted by Crippen LogP contribution is 2.39. The zero-order valence-corrected chi connectivity index (χ0v) is 19.9. The van der Waals surface area contributed by atoms with E-state index in [1.807, 2.05) is 13.8 Å². The van der Waals surface area contributed by atoms with Crippen LogP contribution in [-0.2, 0) is 9.53 Å². The van der Waals surface area contributed by atoms with E-state index in [-0.39, 0.29) is 24.1 Å². The van der Waals surface area contributed by atoms with Crippen molar-refractivity contribution in [1.29, 1.82) is 0 Å². The Bertz CT molecular complexity index is 766. The van der Waals surface area contributed by atoms with Gasteiger partial charge in [0.25, 0.3) is 0 Å². The number of piperazine rings is 1. The molecule has 2 saturated heterocycles. The lowest BCUT2D eigenvalue weighted by atomic mass is 9.79. The minimum Gasteiger partial charge on any atom is -0.376 e. The Morgan fingerprint density at radius 2 is 1.94 bits per heavy atom. The van der Waals surface area contributed by atoms with Crippen LogP contribution in [0.3, 0.4) is 0 Å². The number of aromatic nitrogens is 2. The number of rotatable bonds is 7. The van der Waals surface area contributed by atoms with Gasteiger partial charge in [-0.15, -0.1) is 0 Å². The van der Waals surface area contributed by atoms with Crippen LogP contribution in [0.1, 0.15) is 58.7 Å². The van der Waals surface area contributed by atoms with Crippen molar-refractivity contribution in [2.24, 2.45) is 5.92 Å². The first-order chi connectivity index (χ1) is 15.4. The number of nitrogens with one attached hydrogen (secondary N) is 3. The molecule has 9 heteroatoms. The Morgan fingerprint density at radius 1 is 1.16 bits per heavy atom. The van der Waals surface area contributed by atoms with E-state index in [0.717, 1.165) is 57.0 Å². The predicted octanol–water partition coefficient (Wildman–Crippen LogP) is 1.23. The van der Waals surface area contributed by atoms with Crippen molar-refractivity contribution >= 4 is 11.7 Å². The fourth-order valence-corrected chi connectivity index (χ4v) is 5.23. The normalized spacial score (nSPS) is 28.9. The van der Waals surface area contributed by atoms with Crippen molar-refractivity contribution < 1.29 is 9.53 Å². The Hall–Kier alpha value is -1.81. The van der Waals surface area contributed by atoms with Crippen molar-refractivity contribution in [3.05, 3.63) is 18.1 Å². The fraction of sp³-hybridized carbons (Fsp3) is 0.783. The summed E-state index contributed by atoms with van der Waals surface area (Å²) in [5.74, 6) is 1.53. The van der Waals surface area contributed by atoms with Crippen LogP contribution in [0.15, 0.2) is 12.4 Å². The van der Waals surface area contributed by atoms with Gasteiger partial charge in [-0.05, 0) is 47.0 Å². The maximum atomic E-state index is 12.1. The molecular formula is C23H39N7O2. The number of carbonyl (C=O) groups excluding carboxylic acids is 1. The number of carbonyl (C=O) groups is 1. The van der Waals surface area contributed by atoms with Gasteiger partial charge in [0.05, 0.1) is 30.5 Å². The van der Waals surface area contributed by atoms with Gasteiger partial charge in [0.15, 0.2) is 0 Å². The third-order valence-electron chi connectivity index (χ3n) is 6.67. The summed E-state index contributed by atoms with van der Waals surface area (Å²) < 4.78 is 6.13. The van der Waals surface area contributed by atoms with Crippen molar-refractivity contribution in [2.75, 3.05) is 37.6 Å². The number of hydrazine groups is 1. The molecule has 4 rings (SSSR count). The summed E-state index contributed by atoms with van der Waals surface area (Å²) >= 11 is 0. The summed E-state index contributed by atoms with van der Waals surface area (Å²) in [4.78, 5) is 25.8. The largest absolute Gasteiger partial charge is 0.376 e. The van der Waals surface area contributed by atoms with Crippen LogP contribution < -0.4 is 21.1 Å². The number of nitrogens with zero attached hydrogens (tertiary/aromatic N) is 4. The van der Waals surface area contributed by atoms with E-state index in [2.05, 4.69) is 55.8 Å². The quantitative estimate of drug-likeness (QED) is 0.577. The summed E-state index contributed by atoms with van der Waals surface area (Å²) in [6.07, 6.45) is 5.54. The predicted molar refractivity (Wildman–Crippen MR) is 124 cm³/mol. The van der Waals surface area contributed by atoms with Gasteiger partial charge < -0.3 is 15.0 Å². The Labute approximate surface area is 191 Å². The second-order valence-corrected chi connectivity index (χ2v) is 9.94. The van der Waals surface area contributed by atoms with E-state index in [0.29, 0.717) is 24.6 Å². The molecule has 2 aliphatic heterocycles. The molecule has 0 radical (unpaired) electrons. The monoisotopic (exact) mass is 445 g/mol. The lowest BCUT2D eigenvalue weighted by Gasteiger charge is -2.35. The minimum atomic E-state index is 0.0966. The number of fused-ring (bicyclic) bond motifs is 1. The van der Waals surface area contributed by atoms with E-state index in [9.17, 15) is 4.79 Å². The smallest absolute Gasteiger partial charge is 0.234 e. The highest BCUT2D eigenvalue weighted by atomic mass is 16.5. The molecule has 178 valence electrons. The summed E-state index contributed by atoms with van der Waals surface area (Å²) in [5.41, 5.74) is 8.03. The average Bonchev–Trinajstić information content (AvgIpc) is 3.16. The van der Waals surface area contributed by atoms with E-state index in [1.165, 1.54) is 0 Å². The highest BCUT2D eigenvalue weighted by molar-refractivity contribution is 5.78. The van der Waals surface area contributed by atoms with Crippen LogP contribution in [0.2, 0.25) is 0 Å². The third kappa shape index (κ3) is 5.75. The van der Waals surface area contributed by atoms with Crippen LogP contribution in [0.25, 0.3) is 0 Å². The zero-order chi connectivity index (χ0) is 22.7. The molecule has 1 amide bonds. The van der Waals surface area contributed by atoms with E-state index in [4.69, 9.17) is 4.74 Å². The van der Waals surface area contributed by atoms with Gasteiger partial charge >= 0.3 is 0 Å². The van der Waals surface area contributed by atoms with E-state index in [1.54, 1.807) is 6.33 Å². The molecule has 1 aliphatic carbocycles. The molecule has 3 N–H and O–H groups in total. The second kappa shape index (κ2) is 10.4. The Balaban J connectivity index is 1.35. The summed E-state index contributed by atoms with van der Waals surface area (Å²) in [6.45, 7) is 12.1. The summed E-state index contributed by atoms with van der Waals surface area (Å²) in [7, 11) is 0. The number of hydrogen-bond donors (Lipinski definition) is 3. The zero-order valence-electron chi connectivity index (χ0n) is 19.9. The van der Waals surface area contributed by atoms with Gasteiger partial charge in [-0.2, -0.15) is 0 Å². The maximum Gasteiger partial charge on any atom is 0.234 e. The molecule has 4 atom stereocenters. The molecule has 3 aliphatic rings. The van der Waals surface area contributed by atoms with E-state index < -0.39 is 0 Å². The molecular weight excluding hydrogens is 406 g/mol. The summed E-state index contributed by atoms with van der Waals surface area (Å²) in [6, 6.07) is 2.95. The fourth-order valence-electron chi connectivity index (χ4n) is 5.23. The topological polar surface area (TPSA) is 94.7 Å². The number of anilines is 1. The van der Waals surface area contributed by atoms with Gasteiger partial charge in [0.2, 0.25) is 5.91 Å².